The minimum absolute atomic E-state index is 0.276. The fraction of sp³-hybridized carbons (Fsp3) is 0.222. The highest BCUT2D eigenvalue weighted by molar-refractivity contribution is 5.95. The van der Waals surface area contributed by atoms with E-state index in [0.717, 1.165) is 11.3 Å². The zero-order valence-electron chi connectivity index (χ0n) is 14.1. The third-order valence-corrected chi connectivity index (χ3v) is 3.78. The summed E-state index contributed by atoms with van der Waals surface area (Å²) < 4.78 is 18.5. The molecule has 1 atom stereocenters. The van der Waals surface area contributed by atoms with Crippen molar-refractivity contribution < 1.29 is 13.9 Å². The van der Waals surface area contributed by atoms with E-state index in [9.17, 15) is 9.18 Å². The van der Waals surface area contributed by atoms with Crippen molar-refractivity contribution in [3.05, 3.63) is 65.7 Å². The number of benzene rings is 2. The highest BCUT2D eigenvalue weighted by atomic mass is 19.1. The Morgan fingerprint density at radius 2 is 1.92 bits per heavy atom. The average molecular weight is 355 g/mol. The lowest BCUT2D eigenvalue weighted by atomic mass is 9.97. The monoisotopic (exact) mass is 355 g/mol. The van der Waals surface area contributed by atoms with Gasteiger partial charge in [-0.3, -0.25) is 4.79 Å². The highest BCUT2D eigenvalue weighted by Gasteiger charge is 2.25. The van der Waals surface area contributed by atoms with Crippen molar-refractivity contribution in [1.82, 2.24) is 20.6 Å². The van der Waals surface area contributed by atoms with E-state index in [4.69, 9.17) is 4.74 Å². The third-order valence-electron chi connectivity index (χ3n) is 3.78. The molecule has 1 amide bonds. The number of carbonyl (C=O) groups is 1. The largest absolute Gasteiger partial charge is 0.494 e. The van der Waals surface area contributed by atoms with Crippen LogP contribution < -0.4 is 10.1 Å². The van der Waals surface area contributed by atoms with Crippen LogP contribution in [0.2, 0.25) is 0 Å². The molecule has 1 unspecified atom stereocenters. The molecule has 2 N–H and O–H groups in total. The van der Waals surface area contributed by atoms with Gasteiger partial charge in [0.1, 0.15) is 17.5 Å². The molecule has 8 heteroatoms. The number of H-pyrrole nitrogens is 1. The number of nitrogens with one attached hydrogen (secondary N) is 2. The summed E-state index contributed by atoms with van der Waals surface area (Å²) in [6, 6.07) is 13.0. The minimum atomic E-state index is -0.661. The summed E-state index contributed by atoms with van der Waals surface area (Å²) in [6.07, 6.45) is 0.322. The normalized spacial score (nSPS) is 11.8. The number of amides is 1. The first-order valence-corrected chi connectivity index (χ1v) is 8.17. The summed E-state index contributed by atoms with van der Waals surface area (Å²) in [6.45, 7) is 2.48. The van der Waals surface area contributed by atoms with Crippen molar-refractivity contribution in [2.75, 3.05) is 11.9 Å². The zero-order chi connectivity index (χ0) is 18.4. The van der Waals surface area contributed by atoms with Gasteiger partial charge < -0.3 is 10.1 Å². The molecule has 134 valence electrons. The molecule has 0 fully saturated rings. The van der Waals surface area contributed by atoms with Crippen LogP contribution in [0.3, 0.4) is 0 Å². The molecule has 0 bridgehead atoms. The van der Waals surface area contributed by atoms with Crippen molar-refractivity contribution in [2.45, 2.75) is 19.3 Å². The molecule has 1 aromatic heterocycles. The Kier molecular flexibility index (Phi) is 5.52. The second-order valence-corrected chi connectivity index (χ2v) is 5.60. The average Bonchev–Trinajstić information content (AvgIpc) is 3.17. The van der Waals surface area contributed by atoms with Crippen LogP contribution in [0.5, 0.6) is 5.75 Å². The number of hydrogen-bond donors (Lipinski definition) is 2. The third kappa shape index (κ3) is 4.41. The number of aromatic nitrogens is 4. The maximum absolute atomic E-state index is 13.1. The lowest BCUT2D eigenvalue weighted by Gasteiger charge is -2.14. The Balaban J connectivity index is 1.75. The Morgan fingerprint density at radius 3 is 2.54 bits per heavy atom. The lowest BCUT2D eigenvalue weighted by molar-refractivity contribution is -0.117. The summed E-state index contributed by atoms with van der Waals surface area (Å²) in [5.41, 5.74) is 1.43. The molecule has 26 heavy (non-hydrogen) atoms. The maximum Gasteiger partial charge on any atom is 0.235 e. The summed E-state index contributed by atoms with van der Waals surface area (Å²) in [7, 11) is 0. The number of aromatic amines is 1. The van der Waals surface area contributed by atoms with Crippen LogP contribution in [-0.2, 0) is 11.2 Å². The first kappa shape index (κ1) is 17.5. The van der Waals surface area contributed by atoms with Gasteiger partial charge in [-0.05, 0) is 55.3 Å². The van der Waals surface area contributed by atoms with Gasteiger partial charge in [0, 0.05) is 5.69 Å². The van der Waals surface area contributed by atoms with E-state index in [1.165, 1.54) is 12.1 Å². The highest BCUT2D eigenvalue weighted by Crippen LogP contribution is 2.21. The van der Waals surface area contributed by atoms with Gasteiger partial charge in [0.2, 0.25) is 5.91 Å². The SMILES string of the molecule is CCOc1ccc(NC(=O)C(Cc2ccc(F)cc2)c2nn[nH]n2)cc1. The number of halogens is 1. The molecule has 0 aliphatic carbocycles. The molecule has 3 rings (SSSR count). The number of tetrazole rings is 1. The van der Waals surface area contributed by atoms with Crippen LogP contribution in [-0.4, -0.2) is 33.1 Å². The molecule has 1 heterocycles. The van der Waals surface area contributed by atoms with Gasteiger partial charge in [-0.1, -0.05) is 17.3 Å². The van der Waals surface area contributed by atoms with Crippen LogP contribution in [0.1, 0.15) is 24.2 Å². The predicted octanol–water partition coefficient (Wildman–Crippen LogP) is 2.70. The second kappa shape index (κ2) is 8.19. The molecular weight excluding hydrogens is 337 g/mol. The maximum atomic E-state index is 13.1. The van der Waals surface area contributed by atoms with Gasteiger partial charge >= 0.3 is 0 Å². The standard InChI is InChI=1S/C18H18FN5O2/c1-2-26-15-9-7-14(8-10-15)20-18(25)16(17-21-23-24-22-17)11-12-3-5-13(19)6-4-12/h3-10,16H,2,11H2,1H3,(H,20,25)(H,21,22,23,24). The minimum Gasteiger partial charge on any atom is -0.494 e. The number of carbonyl (C=O) groups excluding carboxylic acids is 1. The van der Waals surface area contributed by atoms with Gasteiger partial charge in [0.15, 0.2) is 5.82 Å². The van der Waals surface area contributed by atoms with Gasteiger partial charge in [-0.2, -0.15) is 5.21 Å². The topological polar surface area (TPSA) is 92.8 Å². The van der Waals surface area contributed by atoms with Crippen LogP contribution in [0.4, 0.5) is 10.1 Å². The number of anilines is 1. The molecule has 0 spiro atoms. The van der Waals surface area contributed by atoms with Gasteiger partial charge in [-0.25, -0.2) is 4.39 Å². The fourth-order valence-electron chi connectivity index (χ4n) is 2.51. The van der Waals surface area contributed by atoms with Crippen LogP contribution in [0.25, 0.3) is 0 Å². The van der Waals surface area contributed by atoms with Crippen LogP contribution in [0.15, 0.2) is 48.5 Å². The first-order valence-electron chi connectivity index (χ1n) is 8.17. The Bertz CT molecular complexity index is 835. The molecule has 0 aliphatic rings. The number of ether oxygens (including phenoxy) is 1. The zero-order valence-corrected chi connectivity index (χ0v) is 14.1. The van der Waals surface area contributed by atoms with Gasteiger partial charge in [0.05, 0.1) is 6.61 Å². The molecular formula is C18H18FN5O2. The molecule has 0 radical (unpaired) electrons. The van der Waals surface area contributed by atoms with E-state index in [0.29, 0.717) is 18.7 Å². The summed E-state index contributed by atoms with van der Waals surface area (Å²) in [5.74, 6) is -0.265. The Labute approximate surface area is 149 Å². The van der Waals surface area contributed by atoms with E-state index in [2.05, 4.69) is 25.9 Å². The summed E-state index contributed by atoms with van der Waals surface area (Å²) in [5, 5.41) is 16.6. The van der Waals surface area contributed by atoms with Crippen molar-refractivity contribution >= 4 is 11.6 Å². The Morgan fingerprint density at radius 1 is 1.19 bits per heavy atom. The molecule has 3 aromatic rings. The van der Waals surface area contributed by atoms with E-state index < -0.39 is 5.92 Å². The molecule has 0 saturated carbocycles. The fourth-order valence-corrected chi connectivity index (χ4v) is 2.51. The molecule has 7 nitrogen and oxygen atoms in total. The summed E-state index contributed by atoms with van der Waals surface area (Å²) in [4.78, 5) is 12.8. The van der Waals surface area contributed by atoms with Gasteiger partial charge in [0.25, 0.3) is 0 Å². The molecule has 2 aromatic carbocycles. The number of hydrogen-bond acceptors (Lipinski definition) is 5. The lowest BCUT2D eigenvalue weighted by Crippen LogP contribution is -2.24. The van der Waals surface area contributed by atoms with Crippen molar-refractivity contribution in [1.29, 1.82) is 0 Å². The van der Waals surface area contributed by atoms with E-state index in [1.54, 1.807) is 36.4 Å². The quantitative estimate of drug-likeness (QED) is 0.680. The second-order valence-electron chi connectivity index (χ2n) is 5.60. The van der Waals surface area contributed by atoms with E-state index in [1.807, 2.05) is 6.92 Å². The molecule has 0 saturated heterocycles. The summed E-state index contributed by atoms with van der Waals surface area (Å²) >= 11 is 0. The molecule has 0 aliphatic heterocycles. The smallest absolute Gasteiger partial charge is 0.235 e. The van der Waals surface area contributed by atoms with E-state index >= 15 is 0 Å². The van der Waals surface area contributed by atoms with Crippen molar-refractivity contribution in [2.24, 2.45) is 0 Å². The number of rotatable bonds is 7. The van der Waals surface area contributed by atoms with Crippen molar-refractivity contribution in [3.63, 3.8) is 0 Å². The van der Waals surface area contributed by atoms with Gasteiger partial charge in [-0.15, -0.1) is 10.2 Å². The Hall–Kier alpha value is -3.29. The first-order chi connectivity index (χ1) is 12.7. The van der Waals surface area contributed by atoms with Crippen LogP contribution in [0, 0.1) is 5.82 Å². The van der Waals surface area contributed by atoms with E-state index in [-0.39, 0.29) is 17.5 Å². The van der Waals surface area contributed by atoms with Crippen molar-refractivity contribution in [3.8, 4) is 5.75 Å². The predicted molar refractivity (Wildman–Crippen MR) is 93.3 cm³/mol. The number of nitrogens with zero attached hydrogens (tertiary/aromatic N) is 3. The van der Waals surface area contributed by atoms with Crippen LogP contribution >= 0.6 is 0 Å².